The van der Waals surface area contributed by atoms with Crippen molar-refractivity contribution < 1.29 is 9.53 Å². The van der Waals surface area contributed by atoms with Crippen LogP contribution in [-0.4, -0.2) is 32.0 Å². The van der Waals surface area contributed by atoms with Crippen molar-refractivity contribution in [3.63, 3.8) is 0 Å². The van der Waals surface area contributed by atoms with Gasteiger partial charge in [0.2, 0.25) is 0 Å². The number of anilines is 1. The molecule has 0 spiro atoms. The lowest BCUT2D eigenvalue weighted by Gasteiger charge is -2.23. The molecule has 2 aromatic heterocycles. The Morgan fingerprint density at radius 1 is 1.30 bits per heavy atom. The highest BCUT2D eigenvalue weighted by atomic mass is 32.2. The molecule has 1 amide bonds. The molecule has 1 aliphatic rings. The number of nitriles is 1. The van der Waals surface area contributed by atoms with E-state index in [1.54, 1.807) is 32.4 Å². The number of nitrogens with zero attached hydrogens (tertiary/aromatic N) is 5. The van der Waals surface area contributed by atoms with Gasteiger partial charge in [0.15, 0.2) is 11.6 Å². The highest BCUT2D eigenvalue weighted by Crippen LogP contribution is 2.39. The largest absolute Gasteiger partial charge is 0.482 e. The Kier molecular flexibility index (Phi) is 4.87. The van der Waals surface area contributed by atoms with E-state index in [1.165, 1.54) is 20.9 Å². The summed E-state index contributed by atoms with van der Waals surface area (Å²) in [6, 6.07) is 9.58. The van der Waals surface area contributed by atoms with Crippen LogP contribution in [0.2, 0.25) is 0 Å². The summed E-state index contributed by atoms with van der Waals surface area (Å²) in [7, 11) is 3.37. The molecule has 3 heterocycles. The van der Waals surface area contributed by atoms with Crippen LogP contribution in [-0.2, 0) is 7.05 Å². The van der Waals surface area contributed by atoms with Gasteiger partial charge in [0, 0.05) is 48.9 Å². The second-order valence-corrected chi connectivity index (χ2v) is 8.23. The molecule has 1 aliphatic heterocycles. The molecule has 0 saturated carbocycles. The predicted molar refractivity (Wildman–Crippen MR) is 114 cm³/mol. The molecule has 4 rings (SSSR count). The molecule has 0 radical (unpaired) electrons. The van der Waals surface area contributed by atoms with E-state index in [0.29, 0.717) is 33.2 Å². The smallest absolute Gasteiger partial charge is 0.264 e. The lowest BCUT2D eigenvalue weighted by atomic mass is 9.99. The van der Waals surface area contributed by atoms with Crippen LogP contribution in [0.4, 0.5) is 5.82 Å². The number of nitrogens with two attached hydrogens (primary N) is 1. The molecule has 1 atom stereocenters. The van der Waals surface area contributed by atoms with E-state index >= 15 is 0 Å². The van der Waals surface area contributed by atoms with Crippen LogP contribution >= 0.6 is 11.9 Å². The zero-order valence-corrected chi connectivity index (χ0v) is 17.8. The van der Waals surface area contributed by atoms with Crippen molar-refractivity contribution in [3.8, 4) is 22.9 Å². The van der Waals surface area contributed by atoms with E-state index in [9.17, 15) is 10.1 Å². The number of hydrogen-bond donors (Lipinski definition) is 1. The van der Waals surface area contributed by atoms with Gasteiger partial charge >= 0.3 is 0 Å². The van der Waals surface area contributed by atoms with Crippen LogP contribution in [0.5, 0.6) is 5.75 Å². The minimum Gasteiger partial charge on any atom is -0.482 e. The molecule has 1 aromatic carbocycles. The number of amides is 1. The third-order valence-electron chi connectivity index (χ3n) is 4.98. The van der Waals surface area contributed by atoms with Crippen LogP contribution in [0.1, 0.15) is 40.2 Å². The van der Waals surface area contributed by atoms with E-state index in [1.807, 2.05) is 26.0 Å². The molecule has 0 unspecified atom stereocenters. The van der Waals surface area contributed by atoms with Gasteiger partial charge in [0.05, 0.1) is 5.56 Å². The average Bonchev–Trinajstić information content (AvgIpc) is 3.03. The quantitative estimate of drug-likeness (QED) is 0.554. The summed E-state index contributed by atoms with van der Waals surface area (Å²) in [4.78, 5) is 17.5. The van der Waals surface area contributed by atoms with E-state index < -0.39 is 6.10 Å². The van der Waals surface area contributed by atoms with Crippen LogP contribution in [0.25, 0.3) is 11.1 Å². The van der Waals surface area contributed by atoms with Crippen LogP contribution in [0.3, 0.4) is 0 Å². The Labute approximate surface area is 178 Å². The van der Waals surface area contributed by atoms with Crippen molar-refractivity contribution in [3.05, 3.63) is 52.8 Å². The van der Waals surface area contributed by atoms with Gasteiger partial charge in [-0.3, -0.25) is 13.8 Å². The number of pyridine rings is 1. The van der Waals surface area contributed by atoms with Gasteiger partial charge in [0.25, 0.3) is 5.91 Å². The van der Waals surface area contributed by atoms with Crippen molar-refractivity contribution in [2.75, 3.05) is 12.8 Å². The Morgan fingerprint density at radius 3 is 2.80 bits per heavy atom. The molecule has 30 heavy (non-hydrogen) atoms. The Balaban J connectivity index is 1.98. The van der Waals surface area contributed by atoms with E-state index in [0.717, 1.165) is 11.1 Å². The van der Waals surface area contributed by atoms with Crippen molar-refractivity contribution in [1.29, 1.82) is 5.26 Å². The van der Waals surface area contributed by atoms with Gasteiger partial charge in [-0.15, -0.1) is 0 Å². The first-order valence-electron chi connectivity index (χ1n) is 9.26. The van der Waals surface area contributed by atoms with Gasteiger partial charge < -0.3 is 10.5 Å². The molecule has 2 N–H and O–H groups in total. The van der Waals surface area contributed by atoms with Gasteiger partial charge in [-0.05, 0) is 26.0 Å². The van der Waals surface area contributed by atoms with Crippen molar-refractivity contribution in [1.82, 2.24) is 19.1 Å². The number of aromatic nitrogens is 3. The summed E-state index contributed by atoms with van der Waals surface area (Å²) in [5.74, 6) is 0.435. The zero-order valence-electron chi connectivity index (χ0n) is 17.0. The number of rotatable bonds is 0. The fourth-order valence-electron chi connectivity index (χ4n) is 3.45. The lowest BCUT2D eigenvalue weighted by molar-refractivity contribution is 0.0887. The normalized spacial score (nSPS) is 15.9. The van der Waals surface area contributed by atoms with Crippen LogP contribution in [0.15, 0.2) is 35.5 Å². The first-order chi connectivity index (χ1) is 14.3. The monoisotopic (exact) mass is 420 g/mol. The molecule has 0 fully saturated rings. The van der Waals surface area contributed by atoms with Gasteiger partial charge in [-0.25, -0.2) is 4.98 Å². The van der Waals surface area contributed by atoms with Crippen molar-refractivity contribution in [2.45, 2.75) is 25.0 Å². The summed E-state index contributed by atoms with van der Waals surface area (Å²) in [6.45, 7) is 3.83. The number of carbonyl (C=O) groups excluding carboxylic acids is 1. The standard InChI is InChI=1S/C21H20N6O2S/c1-11-5-6-14-15(7-11)12(2)29-17-8-13(10-24-19(17)23)18-16(9-22)26(3)25-20(18)30-27(4)21(14)28/h5-8,10,12H,1-4H3,(H2,23,24)/t12-/m1/s1. The molecule has 152 valence electrons. The first kappa shape index (κ1) is 19.8. The summed E-state index contributed by atoms with van der Waals surface area (Å²) in [5.41, 5.74) is 9.96. The molecular formula is C21H20N6O2S. The molecule has 3 aromatic rings. The first-order valence-corrected chi connectivity index (χ1v) is 10.0. The average molecular weight is 420 g/mol. The fourth-order valence-corrected chi connectivity index (χ4v) is 4.35. The van der Waals surface area contributed by atoms with Gasteiger partial charge in [-0.1, -0.05) is 17.7 Å². The van der Waals surface area contributed by atoms with Crippen molar-refractivity contribution in [2.24, 2.45) is 7.05 Å². The van der Waals surface area contributed by atoms with E-state index in [-0.39, 0.29) is 11.7 Å². The second-order valence-electron chi connectivity index (χ2n) is 7.12. The summed E-state index contributed by atoms with van der Waals surface area (Å²) in [6.07, 6.45) is 1.14. The molecule has 0 saturated heterocycles. The highest BCUT2D eigenvalue weighted by molar-refractivity contribution is 7.97. The van der Waals surface area contributed by atoms with E-state index in [2.05, 4.69) is 16.2 Å². The molecular weight excluding hydrogens is 400 g/mol. The predicted octanol–water partition coefficient (Wildman–Crippen LogP) is 3.48. The lowest BCUT2D eigenvalue weighted by Crippen LogP contribution is -2.23. The molecule has 0 aliphatic carbocycles. The second kappa shape index (κ2) is 7.39. The number of hydrogen-bond acceptors (Lipinski definition) is 7. The minimum atomic E-state index is -0.440. The number of carbonyl (C=O) groups is 1. The Hall–Kier alpha value is -3.51. The highest BCUT2D eigenvalue weighted by Gasteiger charge is 2.27. The maximum absolute atomic E-state index is 13.3. The number of benzene rings is 1. The SMILES string of the molecule is Cc1ccc2c(c1)[C@@H](C)Oc1cc(cnc1N)-c1c(nn(C)c1C#N)SN(C)C2=O. The zero-order chi connectivity index (χ0) is 21.6. The number of nitrogen functional groups attached to an aromatic ring is 1. The van der Waals surface area contributed by atoms with Gasteiger partial charge in [-0.2, -0.15) is 10.4 Å². The van der Waals surface area contributed by atoms with E-state index in [4.69, 9.17) is 10.5 Å². The Bertz CT molecular complexity index is 1210. The third kappa shape index (κ3) is 3.25. The van der Waals surface area contributed by atoms with Crippen molar-refractivity contribution >= 4 is 23.7 Å². The summed E-state index contributed by atoms with van der Waals surface area (Å²) < 4.78 is 9.15. The summed E-state index contributed by atoms with van der Waals surface area (Å²) in [5, 5.41) is 14.7. The van der Waals surface area contributed by atoms with Crippen LogP contribution in [0, 0.1) is 18.3 Å². The van der Waals surface area contributed by atoms with Gasteiger partial charge in [0.1, 0.15) is 22.9 Å². The topological polar surface area (TPSA) is 110 Å². The molecule has 9 heteroatoms. The van der Waals surface area contributed by atoms with Crippen LogP contribution < -0.4 is 10.5 Å². The third-order valence-corrected chi connectivity index (χ3v) is 5.88. The Morgan fingerprint density at radius 2 is 2.07 bits per heavy atom. The maximum Gasteiger partial charge on any atom is 0.264 e. The number of ether oxygens (including phenoxy) is 1. The minimum absolute atomic E-state index is 0.184. The number of fused-ring (bicyclic) bond motifs is 5. The summed E-state index contributed by atoms with van der Waals surface area (Å²) >= 11 is 1.17. The fraction of sp³-hybridized carbons (Fsp3) is 0.238. The number of aryl methyl sites for hydroxylation is 2. The maximum atomic E-state index is 13.3. The molecule has 8 nitrogen and oxygen atoms in total. The molecule has 2 bridgehead atoms.